The maximum Gasteiger partial charge on any atom is 0.0485 e. The summed E-state index contributed by atoms with van der Waals surface area (Å²) in [6, 6.07) is 0. The Hall–Kier alpha value is 0.174. The second-order valence-corrected chi connectivity index (χ2v) is 18.9. The smallest absolute Gasteiger partial charge is 0.0485 e. The molecule has 2 bridgehead atoms. The third kappa shape index (κ3) is 1.44. The molecule has 2 unspecified atom stereocenters. The van der Waals surface area contributed by atoms with Gasteiger partial charge in [-0.05, 0) is 29.3 Å². The summed E-state index contributed by atoms with van der Waals surface area (Å²) in [6.45, 7) is 15.7. The van der Waals surface area contributed by atoms with Gasteiger partial charge in [0.25, 0.3) is 0 Å². The summed E-state index contributed by atoms with van der Waals surface area (Å²) in [4.78, 5) is 0. The molecule has 2 aliphatic rings. The third-order valence-electron chi connectivity index (χ3n) is 5.07. The van der Waals surface area contributed by atoms with Crippen LogP contribution in [0.3, 0.4) is 0 Å². The van der Waals surface area contributed by atoms with E-state index in [0.717, 1.165) is 16.5 Å². The molecule has 0 aromatic rings. The van der Waals surface area contributed by atoms with E-state index >= 15 is 0 Å². The Morgan fingerprint density at radius 3 is 1.67 bits per heavy atom. The number of fused-ring (bicyclic) bond motifs is 2. The van der Waals surface area contributed by atoms with Crippen LogP contribution in [-0.4, -0.2) is 16.1 Å². The standard InChI is InChI=1S/C13H26Si2/c1-14(2,3)13(15(4,5)6)10-11-7-8-12(13)9-11/h7-8,11-12H,9-10H2,1-6H3. The third-order valence-corrected chi connectivity index (χ3v) is 16.1. The van der Waals surface area contributed by atoms with E-state index in [1.165, 1.54) is 12.8 Å². The lowest BCUT2D eigenvalue weighted by Gasteiger charge is -2.54. The van der Waals surface area contributed by atoms with E-state index in [9.17, 15) is 0 Å². The van der Waals surface area contributed by atoms with E-state index in [4.69, 9.17) is 0 Å². The van der Waals surface area contributed by atoms with E-state index in [-0.39, 0.29) is 0 Å². The van der Waals surface area contributed by atoms with Gasteiger partial charge < -0.3 is 0 Å². The Morgan fingerprint density at radius 2 is 1.47 bits per heavy atom. The molecule has 0 radical (unpaired) electrons. The van der Waals surface area contributed by atoms with Crippen LogP contribution in [0.4, 0.5) is 0 Å². The Bertz CT molecular complexity index is 277. The zero-order valence-electron chi connectivity index (χ0n) is 11.2. The maximum absolute atomic E-state index is 2.61. The average Bonchev–Trinajstić information content (AvgIpc) is 2.57. The monoisotopic (exact) mass is 238 g/mol. The van der Waals surface area contributed by atoms with Gasteiger partial charge in [0.1, 0.15) is 0 Å². The number of rotatable bonds is 2. The molecule has 0 nitrogen and oxygen atoms in total. The van der Waals surface area contributed by atoms with Gasteiger partial charge >= 0.3 is 0 Å². The topological polar surface area (TPSA) is 0 Å². The van der Waals surface area contributed by atoms with Gasteiger partial charge in [-0.1, -0.05) is 51.4 Å². The summed E-state index contributed by atoms with van der Waals surface area (Å²) in [5, 5.41) is 0. The molecule has 0 N–H and O–H groups in total. The molecule has 2 atom stereocenters. The molecule has 0 aliphatic heterocycles. The van der Waals surface area contributed by atoms with Crippen molar-refractivity contribution in [3.63, 3.8) is 0 Å². The summed E-state index contributed by atoms with van der Waals surface area (Å²) < 4.78 is 0.777. The molecule has 0 aromatic carbocycles. The molecule has 0 spiro atoms. The van der Waals surface area contributed by atoms with E-state index in [1.54, 1.807) is 0 Å². The summed E-state index contributed by atoms with van der Waals surface area (Å²) in [5.74, 6) is 1.88. The molecule has 0 amide bonds. The number of hydrogen-bond acceptors (Lipinski definition) is 0. The van der Waals surface area contributed by atoms with Crippen molar-refractivity contribution in [2.75, 3.05) is 0 Å². The quantitative estimate of drug-likeness (QED) is 0.489. The van der Waals surface area contributed by atoms with Gasteiger partial charge in [0.15, 0.2) is 0 Å². The largest absolute Gasteiger partial charge is 0.0851 e. The highest BCUT2D eigenvalue weighted by Gasteiger charge is 2.61. The van der Waals surface area contributed by atoms with Gasteiger partial charge in [0.05, 0.1) is 0 Å². The predicted molar refractivity (Wildman–Crippen MR) is 74.7 cm³/mol. The number of hydrogen-bond donors (Lipinski definition) is 0. The molecular formula is C13H26Si2. The fourth-order valence-electron chi connectivity index (χ4n) is 4.71. The van der Waals surface area contributed by atoms with Gasteiger partial charge in [-0.25, -0.2) is 0 Å². The minimum Gasteiger partial charge on any atom is -0.0851 e. The van der Waals surface area contributed by atoms with Gasteiger partial charge in [-0.2, -0.15) is 0 Å². The van der Waals surface area contributed by atoms with Crippen molar-refractivity contribution in [1.82, 2.24) is 0 Å². The van der Waals surface area contributed by atoms with Gasteiger partial charge in [0, 0.05) is 16.1 Å². The molecule has 1 fully saturated rings. The van der Waals surface area contributed by atoms with Crippen LogP contribution in [0, 0.1) is 11.8 Å². The van der Waals surface area contributed by atoms with E-state index in [1.807, 2.05) is 0 Å². The van der Waals surface area contributed by atoms with Crippen molar-refractivity contribution >= 4 is 16.1 Å². The molecule has 2 aliphatic carbocycles. The molecule has 1 saturated carbocycles. The Morgan fingerprint density at radius 1 is 0.933 bits per heavy atom. The van der Waals surface area contributed by atoms with Crippen LogP contribution in [0.5, 0.6) is 0 Å². The van der Waals surface area contributed by atoms with Crippen LogP contribution < -0.4 is 0 Å². The lowest BCUT2D eigenvalue weighted by molar-refractivity contribution is 0.584. The van der Waals surface area contributed by atoms with E-state index < -0.39 is 16.1 Å². The molecule has 0 heterocycles. The van der Waals surface area contributed by atoms with E-state index in [2.05, 4.69) is 51.4 Å². The Labute approximate surface area is 97.2 Å². The second-order valence-electron chi connectivity index (χ2n) is 7.66. The van der Waals surface area contributed by atoms with Crippen LogP contribution in [0.25, 0.3) is 0 Å². The number of allylic oxidation sites excluding steroid dienone is 2. The van der Waals surface area contributed by atoms with Gasteiger partial charge in [-0.3, -0.25) is 0 Å². The normalized spacial score (nSPS) is 33.7. The summed E-state index contributed by atoms with van der Waals surface area (Å²) >= 11 is 0. The molecule has 0 saturated heterocycles. The highest BCUT2D eigenvalue weighted by Crippen LogP contribution is 2.66. The fourth-order valence-corrected chi connectivity index (χ4v) is 18.1. The average molecular weight is 239 g/mol. The lowest BCUT2D eigenvalue weighted by atomic mass is 10.1. The first-order valence-corrected chi connectivity index (χ1v) is 13.4. The zero-order valence-corrected chi connectivity index (χ0v) is 13.2. The molecule has 15 heavy (non-hydrogen) atoms. The molecular weight excluding hydrogens is 212 g/mol. The van der Waals surface area contributed by atoms with Crippen molar-refractivity contribution < 1.29 is 0 Å². The first kappa shape index (κ1) is 11.7. The van der Waals surface area contributed by atoms with Crippen molar-refractivity contribution in [2.45, 2.75) is 56.8 Å². The fraction of sp³-hybridized carbons (Fsp3) is 0.846. The first-order valence-electron chi connectivity index (χ1n) is 6.37. The summed E-state index contributed by atoms with van der Waals surface area (Å²) in [5.41, 5.74) is 0. The maximum atomic E-state index is 2.61. The predicted octanol–water partition coefficient (Wildman–Crippen LogP) is 4.54. The minimum atomic E-state index is -1.05. The zero-order chi connectivity index (χ0) is 11.5. The van der Waals surface area contributed by atoms with Crippen molar-refractivity contribution in [3.05, 3.63) is 12.2 Å². The van der Waals surface area contributed by atoms with Crippen molar-refractivity contribution in [1.29, 1.82) is 0 Å². The van der Waals surface area contributed by atoms with Crippen LogP contribution in [-0.2, 0) is 0 Å². The summed E-state index contributed by atoms with van der Waals surface area (Å²) in [7, 11) is -2.11. The SMILES string of the molecule is C[Si](C)(C)C1([Si](C)(C)C)CC2C=CC1C2. The Balaban J connectivity index is 2.47. The molecule has 2 rings (SSSR count). The molecule has 0 aromatic heterocycles. The van der Waals surface area contributed by atoms with Crippen LogP contribution in [0.1, 0.15) is 12.8 Å². The highest BCUT2D eigenvalue weighted by molar-refractivity contribution is 6.99. The Kier molecular flexibility index (Phi) is 2.41. The lowest BCUT2D eigenvalue weighted by Crippen LogP contribution is -2.56. The van der Waals surface area contributed by atoms with Crippen molar-refractivity contribution in [3.8, 4) is 0 Å². The van der Waals surface area contributed by atoms with Crippen LogP contribution in [0.2, 0.25) is 43.9 Å². The van der Waals surface area contributed by atoms with Gasteiger partial charge in [-0.15, -0.1) is 0 Å². The van der Waals surface area contributed by atoms with Crippen LogP contribution >= 0.6 is 0 Å². The molecule has 2 heteroatoms. The summed E-state index contributed by atoms with van der Waals surface area (Å²) in [6.07, 6.45) is 8.09. The van der Waals surface area contributed by atoms with Crippen molar-refractivity contribution in [2.24, 2.45) is 11.8 Å². The highest BCUT2D eigenvalue weighted by atomic mass is 28.4. The first-order chi connectivity index (χ1) is 6.68. The minimum absolute atomic E-state index is 0.777. The van der Waals surface area contributed by atoms with Gasteiger partial charge in [0.2, 0.25) is 0 Å². The van der Waals surface area contributed by atoms with Crippen LogP contribution in [0.15, 0.2) is 12.2 Å². The second kappa shape index (κ2) is 3.10. The molecule has 86 valence electrons. The van der Waals surface area contributed by atoms with E-state index in [0.29, 0.717) is 0 Å².